The van der Waals surface area contributed by atoms with Crippen LogP contribution >= 0.6 is 11.8 Å². The zero-order chi connectivity index (χ0) is 13.8. The number of rotatable bonds is 3. The minimum Gasteiger partial charge on any atom is -0.363 e. The monoisotopic (exact) mass is 277 g/mol. The van der Waals surface area contributed by atoms with Gasteiger partial charge in [-0.25, -0.2) is 0 Å². The average Bonchev–Trinajstić information content (AvgIpc) is 2.84. The molecular formula is C14H19N3OS. The van der Waals surface area contributed by atoms with Crippen molar-refractivity contribution in [3.63, 3.8) is 0 Å². The van der Waals surface area contributed by atoms with Crippen molar-refractivity contribution < 1.29 is 4.79 Å². The number of thioether (sulfide) groups is 1. The van der Waals surface area contributed by atoms with Gasteiger partial charge in [-0.05, 0) is 31.9 Å². The highest BCUT2D eigenvalue weighted by molar-refractivity contribution is 8.14. The lowest BCUT2D eigenvalue weighted by Gasteiger charge is -2.12. The molecule has 0 spiro atoms. The number of carbonyl (C=O) groups excluding carboxylic acids is 1. The fourth-order valence-corrected chi connectivity index (χ4v) is 2.89. The number of benzene rings is 1. The van der Waals surface area contributed by atoms with E-state index in [4.69, 9.17) is 0 Å². The molecule has 0 saturated heterocycles. The Morgan fingerprint density at radius 3 is 2.63 bits per heavy atom. The fourth-order valence-electron chi connectivity index (χ4n) is 2.16. The van der Waals surface area contributed by atoms with Crippen LogP contribution in [0.5, 0.6) is 0 Å². The van der Waals surface area contributed by atoms with Gasteiger partial charge in [-0.1, -0.05) is 29.5 Å². The average molecular weight is 277 g/mol. The smallest absolute Gasteiger partial charge is 0.234 e. The van der Waals surface area contributed by atoms with Crippen LogP contribution in [0.15, 0.2) is 17.1 Å². The number of aliphatic imine (C=N–C) groups is 1. The van der Waals surface area contributed by atoms with Crippen molar-refractivity contribution in [3.05, 3.63) is 28.8 Å². The molecular weight excluding hydrogens is 258 g/mol. The van der Waals surface area contributed by atoms with E-state index in [1.54, 1.807) is 0 Å². The summed E-state index contributed by atoms with van der Waals surface area (Å²) in [6.07, 6.45) is 0. The van der Waals surface area contributed by atoms with Crippen LogP contribution in [0, 0.1) is 20.8 Å². The van der Waals surface area contributed by atoms with Gasteiger partial charge >= 0.3 is 0 Å². The maximum absolute atomic E-state index is 11.9. The van der Waals surface area contributed by atoms with E-state index in [-0.39, 0.29) is 5.91 Å². The summed E-state index contributed by atoms with van der Waals surface area (Å²) in [5.41, 5.74) is 4.35. The molecule has 102 valence electrons. The van der Waals surface area contributed by atoms with Crippen LogP contribution in [-0.4, -0.2) is 29.9 Å². The lowest BCUT2D eigenvalue weighted by atomic mass is 10.1. The highest BCUT2D eigenvalue weighted by atomic mass is 32.2. The highest BCUT2D eigenvalue weighted by Crippen LogP contribution is 2.22. The van der Waals surface area contributed by atoms with Crippen molar-refractivity contribution >= 4 is 28.5 Å². The van der Waals surface area contributed by atoms with E-state index < -0.39 is 0 Å². The number of aryl methyl sites for hydroxylation is 3. The van der Waals surface area contributed by atoms with E-state index in [0.29, 0.717) is 5.75 Å². The molecule has 2 N–H and O–H groups in total. The van der Waals surface area contributed by atoms with Gasteiger partial charge in [0, 0.05) is 12.2 Å². The zero-order valence-electron chi connectivity index (χ0n) is 11.5. The molecule has 1 amide bonds. The molecule has 0 radical (unpaired) electrons. The second kappa shape index (κ2) is 6.10. The maximum Gasteiger partial charge on any atom is 0.234 e. The minimum atomic E-state index is 0.0106. The van der Waals surface area contributed by atoms with Gasteiger partial charge in [-0.15, -0.1) is 0 Å². The molecule has 2 rings (SSSR count). The summed E-state index contributed by atoms with van der Waals surface area (Å²) >= 11 is 1.45. The van der Waals surface area contributed by atoms with Gasteiger partial charge in [-0.2, -0.15) is 0 Å². The third-order valence-corrected chi connectivity index (χ3v) is 3.88. The predicted molar refractivity (Wildman–Crippen MR) is 82.0 cm³/mol. The first-order valence-electron chi connectivity index (χ1n) is 6.35. The Bertz CT molecular complexity index is 502. The van der Waals surface area contributed by atoms with Gasteiger partial charge < -0.3 is 10.6 Å². The van der Waals surface area contributed by atoms with Crippen LogP contribution < -0.4 is 10.6 Å². The van der Waals surface area contributed by atoms with Crippen LogP contribution in [0.1, 0.15) is 16.7 Å². The molecule has 1 aromatic carbocycles. The summed E-state index contributed by atoms with van der Waals surface area (Å²) in [5, 5.41) is 6.99. The van der Waals surface area contributed by atoms with Crippen molar-refractivity contribution in [3.8, 4) is 0 Å². The van der Waals surface area contributed by atoms with E-state index in [2.05, 4.69) is 34.7 Å². The Balaban J connectivity index is 1.95. The van der Waals surface area contributed by atoms with Crippen LogP contribution in [0.3, 0.4) is 0 Å². The number of hydrogen-bond acceptors (Lipinski definition) is 4. The van der Waals surface area contributed by atoms with Gasteiger partial charge in [0.15, 0.2) is 5.17 Å². The van der Waals surface area contributed by atoms with E-state index in [1.165, 1.54) is 17.3 Å². The maximum atomic E-state index is 11.9. The number of nitrogens with one attached hydrogen (secondary N) is 2. The third kappa shape index (κ3) is 3.73. The molecule has 4 nitrogen and oxygen atoms in total. The van der Waals surface area contributed by atoms with Crippen molar-refractivity contribution in [1.29, 1.82) is 0 Å². The molecule has 0 aromatic heterocycles. The summed E-state index contributed by atoms with van der Waals surface area (Å²) in [4.78, 5) is 16.2. The van der Waals surface area contributed by atoms with Gasteiger partial charge in [0.05, 0.1) is 12.3 Å². The summed E-state index contributed by atoms with van der Waals surface area (Å²) in [6, 6.07) is 4.16. The molecule has 0 atom stereocenters. The second-order valence-corrected chi connectivity index (χ2v) is 5.69. The predicted octanol–water partition coefficient (Wildman–Crippen LogP) is 2.24. The summed E-state index contributed by atoms with van der Waals surface area (Å²) in [6.45, 7) is 7.78. The standard InChI is InChI=1S/C14H19N3OS/c1-9-6-10(2)13(11(3)7-9)17-12(18)8-19-14-15-4-5-16-14/h6-7H,4-5,8H2,1-3H3,(H,15,16)(H,17,18). The first-order chi connectivity index (χ1) is 9.06. The SMILES string of the molecule is Cc1cc(C)c(NC(=O)CSC2=NCCN2)c(C)c1. The molecule has 1 aliphatic heterocycles. The van der Waals surface area contributed by atoms with Crippen molar-refractivity contribution in [2.75, 3.05) is 24.2 Å². The Hall–Kier alpha value is -1.49. The Kier molecular flexibility index (Phi) is 4.47. The molecule has 0 saturated carbocycles. The quantitative estimate of drug-likeness (QED) is 0.891. The molecule has 1 aromatic rings. The molecule has 19 heavy (non-hydrogen) atoms. The van der Waals surface area contributed by atoms with E-state index in [1.807, 2.05) is 13.8 Å². The van der Waals surface area contributed by atoms with E-state index >= 15 is 0 Å². The van der Waals surface area contributed by atoms with Crippen LogP contribution in [0.2, 0.25) is 0 Å². The fraction of sp³-hybridized carbons (Fsp3) is 0.429. The van der Waals surface area contributed by atoms with Gasteiger partial charge in [0.25, 0.3) is 0 Å². The highest BCUT2D eigenvalue weighted by Gasteiger charge is 2.11. The normalized spacial score (nSPS) is 13.9. The number of amides is 1. The molecule has 0 aliphatic carbocycles. The lowest BCUT2D eigenvalue weighted by molar-refractivity contribution is -0.113. The molecule has 0 bridgehead atoms. The van der Waals surface area contributed by atoms with Crippen LogP contribution in [-0.2, 0) is 4.79 Å². The molecule has 5 heteroatoms. The van der Waals surface area contributed by atoms with E-state index in [0.717, 1.165) is 35.1 Å². The van der Waals surface area contributed by atoms with Crippen molar-refractivity contribution in [2.24, 2.45) is 4.99 Å². The molecule has 1 heterocycles. The molecule has 0 fully saturated rings. The first kappa shape index (κ1) is 13.9. The lowest BCUT2D eigenvalue weighted by Crippen LogP contribution is -2.20. The number of anilines is 1. The summed E-state index contributed by atoms with van der Waals surface area (Å²) < 4.78 is 0. The number of hydrogen-bond donors (Lipinski definition) is 2. The minimum absolute atomic E-state index is 0.0106. The second-order valence-electron chi connectivity index (χ2n) is 4.72. The zero-order valence-corrected chi connectivity index (χ0v) is 12.4. The van der Waals surface area contributed by atoms with Crippen molar-refractivity contribution in [2.45, 2.75) is 20.8 Å². The molecule has 0 unspecified atom stereocenters. The van der Waals surface area contributed by atoms with Crippen LogP contribution in [0.25, 0.3) is 0 Å². The largest absolute Gasteiger partial charge is 0.363 e. The Labute approximate surface area is 118 Å². The third-order valence-electron chi connectivity index (χ3n) is 2.92. The number of carbonyl (C=O) groups is 1. The Morgan fingerprint density at radius 2 is 2.05 bits per heavy atom. The number of nitrogens with zero attached hydrogens (tertiary/aromatic N) is 1. The summed E-state index contributed by atoms with van der Waals surface area (Å²) in [7, 11) is 0. The molecule has 1 aliphatic rings. The van der Waals surface area contributed by atoms with Crippen molar-refractivity contribution in [1.82, 2.24) is 5.32 Å². The number of amidine groups is 1. The summed E-state index contributed by atoms with van der Waals surface area (Å²) in [5.74, 6) is 0.398. The van der Waals surface area contributed by atoms with Gasteiger partial charge in [-0.3, -0.25) is 9.79 Å². The van der Waals surface area contributed by atoms with Gasteiger partial charge in [0.2, 0.25) is 5.91 Å². The van der Waals surface area contributed by atoms with Gasteiger partial charge in [0.1, 0.15) is 0 Å². The first-order valence-corrected chi connectivity index (χ1v) is 7.33. The topological polar surface area (TPSA) is 53.5 Å². The van der Waals surface area contributed by atoms with Crippen LogP contribution in [0.4, 0.5) is 5.69 Å². The van der Waals surface area contributed by atoms with E-state index in [9.17, 15) is 4.79 Å². The Morgan fingerprint density at radius 1 is 1.37 bits per heavy atom.